The van der Waals surface area contributed by atoms with E-state index in [1.54, 1.807) is 0 Å². The molecule has 0 bridgehead atoms. The molecule has 0 aromatic carbocycles. The predicted molar refractivity (Wildman–Crippen MR) is 69.7 cm³/mol. The van der Waals surface area contributed by atoms with Crippen LogP contribution >= 0.6 is 0 Å². The Labute approximate surface area is 104 Å². The Morgan fingerprint density at radius 3 is 2.82 bits per heavy atom. The van der Waals surface area contributed by atoms with Crippen molar-refractivity contribution in [3.05, 3.63) is 24.0 Å². The molecule has 0 radical (unpaired) electrons. The fraction of sp³-hybridized carbons (Fsp3) is 0.714. The summed E-state index contributed by atoms with van der Waals surface area (Å²) in [7, 11) is 0. The monoisotopic (exact) mass is 236 g/mol. The Morgan fingerprint density at radius 2 is 2.24 bits per heavy atom. The molecule has 0 aliphatic heterocycles. The van der Waals surface area contributed by atoms with Gasteiger partial charge in [-0.05, 0) is 43.2 Å². The molecule has 3 heteroatoms. The second kappa shape index (κ2) is 5.69. The second-order valence-corrected chi connectivity index (χ2v) is 5.40. The van der Waals surface area contributed by atoms with Gasteiger partial charge in [-0.25, -0.2) is 0 Å². The Bertz CT molecular complexity index is 313. The normalized spacial score (nSPS) is 29.4. The largest absolute Gasteiger partial charge is 0.389 e. The van der Waals surface area contributed by atoms with E-state index < -0.39 is 5.60 Å². The zero-order valence-electron chi connectivity index (χ0n) is 10.7. The third kappa shape index (κ3) is 3.58. The number of aromatic nitrogens is 1. The van der Waals surface area contributed by atoms with Crippen LogP contribution in [0.1, 0.15) is 44.6 Å². The highest BCUT2D eigenvalue weighted by molar-refractivity contribution is 5.07. The van der Waals surface area contributed by atoms with Gasteiger partial charge in [-0.2, -0.15) is 0 Å². The van der Waals surface area contributed by atoms with E-state index in [0.29, 0.717) is 6.54 Å². The van der Waals surface area contributed by atoms with E-state index in [9.17, 15) is 5.11 Å². The van der Waals surface area contributed by atoms with Crippen molar-refractivity contribution in [2.45, 2.75) is 51.2 Å². The number of aliphatic hydroxyl groups is 1. The molecule has 3 N–H and O–H groups in total. The maximum absolute atomic E-state index is 10.4. The molecule has 1 aliphatic rings. The van der Waals surface area contributed by atoms with E-state index in [4.69, 9.17) is 0 Å². The van der Waals surface area contributed by atoms with Gasteiger partial charge in [-0.1, -0.05) is 13.3 Å². The summed E-state index contributed by atoms with van der Waals surface area (Å²) >= 11 is 0. The number of hydrogen-bond donors (Lipinski definition) is 3. The molecule has 0 atom stereocenters. The predicted octanol–water partition coefficient (Wildman–Crippen LogP) is 2.44. The van der Waals surface area contributed by atoms with Crippen molar-refractivity contribution >= 4 is 0 Å². The molecule has 17 heavy (non-hydrogen) atoms. The number of hydrogen-bond acceptors (Lipinski definition) is 2. The highest BCUT2D eigenvalue weighted by Crippen LogP contribution is 2.33. The third-order valence-electron chi connectivity index (χ3n) is 4.06. The molecule has 0 spiro atoms. The first kappa shape index (κ1) is 12.7. The number of H-pyrrole nitrogens is 1. The van der Waals surface area contributed by atoms with Gasteiger partial charge in [0.05, 0.1) is 5.60 Å². The standard InChI is InChI=1S/C14H24N2O/c1-2-12-3-6-14(17,7-4-12)11-16-10-13-5-8-15-9-13/h5,8-9,12,15-17H,2-4,6-7,10-11H2,1H3. The summed E-state index contributed by atoms with van der Waals surface area (Å²) in [6.45, 7) is 3.80. The fourth-order valence-corrected chi connectivity index (χ4v) is 2.71. The molecule has 96 valence electrons. The van der Waals surface area contributed by atoms with Gasteiger partial charge in [-0.3, -0.25) is 0 Å². The van der Waals surface area contributed by atoms with Crippen LogP contribution in [0.3, 0.4) is 0 Å². The summed E-state index contributed by atoms with van der Waals surface area (Å²) in [5.74, 6) is 0.833. The van der Waals surface area contributed by atoms with Crippen LogP contribution in [0.2, 0.25) is 0 Å². The Kier molecular flexibility index (Phi) is 4.24. The first-order valence-corrected chi connectivity index (χ1v) is 6.76. The fourth-order valence-electron chi connectivity index (χ4n) is 2.71. The van der Waals surface area contributed by atoms with Crippen molar-refractivity contribution in [3.8, 4) is 0 Å². The van der Waals surface area contributed by atoms with Gasteiger partial charge < -0.3 is 15.4 Å². The summed E-state index contributed by atoms with van der Waals surface area (Å²) in [6.07, 6.45) is 9.44. The average molecular weight is 236 g/mol. The highest BCUT2D eigenvalue weighted by Gasteiger charge is 2.31. The summed E-state index contributed by atoms with van der Waals surface area (Å²) in [5.41, 5.74) is 0.776. The molecule has 1 fully saturated rings. The molecule has 0 amide bonds. The quantitative estimate of drug-likeness (QED) is 0.735. The zero-order valence-corrected chi connectivity index (χ0v) is 10.7. The van der Waals surface area contributed by atoms with Gasteiger partial charge in [-0.15, -0.1) is 0 Å². The van der Waals surface area contributed by atoms with Crippen LogP contribution < -0.4 is 5.32 Å². The van der Waals surface area contributed by atoms with Crippen molar-refractivity contribution in [1.29, 1.82) is 0 Å². The topological polar surface area (TPSA) is 48.0 Å². The second-order valence-electron chi connectivity index (χ2n) is 5.40. The van der Waals surface area contributed by atoms with Crippen molar-refractivity contribution in [2.75, 3.05) is 6.54 Å². The Hall–Kier alpha value is -0.800. The number of rotatable bonds is 5. The lowest BCUT2D eigenvalue weighted by molar-refractivity contribution is -0.00880. The smallest absolute Gasteiger partial charge is 0.0771 e. The lowest BCUT2D eigenvalue weighted by Gasteiger charge is -2.36. The molecule has 1 heterocycles. The van der Waals surface area contributed by atoms with Crippen molar-refractivity contribution in [1.82, 2.24) is 10.3 Å². The van der Waals surface area contributed by atoms with E-state index in [0.717, 1.165) is 25.3 Å². The van der Waals surface area contributed by atoms with Crippen LogP contribution in [0, 0.1) is 5.92 Å². The van der Waals surface area contributed by atoms with Crippen LogP contribution in [-0.2, 0) is 6.54 Å². The maximum atomic E-state index is 10.4. The third-order valence-corrected chi connectivity index (χ3v) is 4.06. The van der Waals surface area contributed by atoms with Crippen LogP contribution in [-0.4, -0.2) is 22.2 Å². The maximum Gasteiger partial charge on any atom is 0.0771 e. The molecule has 2 rings (SSSR count). The van der Waals surface area contributed by atoms with Crippen molar-refractivity contribution < 1.29 is 5.11 Å². The first-order chi connectivity index (χ1) is 8.22. The molecule has 3 nitrogen and oxygen atoms in total. The van der Waals surface area contributed by atoms with Gasteiger partial charge in [0, 0.05) is 25.5 Å². The summed E-state index contributed by atoms with van der Waals surface area (Å²) in [5, 5.41) is 13.8. The highest BCUT2D eigenvalue weighted by atomic mass is 16.3. The number of nitrogens with one attached hydrogen (secondary N) is 2. The molecule has 1 aliphatic carbocycles. The van der Waals surface area contributed by atoms with Crippen LogP contribution in [0.15, 0.2) is 18.5 Å². The van der Waals surface area contributed by atoms with Gasteiger partial charge in [0.2, 0.25) is 0 Å². The minimum Gasteiger partial charge on any atom is -0.389 e. The summed E-state index contributed by atoms with van der Waals surface area (Å²) in [4.78, 5) is 3.04. The Balaban J connectivity index is 1.71. The van der Waals surface area contributed by atoms with Crippen molar-refractivity contribution in [2.24, 2.45) is 5.92 Å². The van der Waals surface area contributed by atoms with E-state index >= 15 is 0 Å². The van der Waals surface area contributed by atoms with Crippen LogP contribution in [0.4, 0.5) is 0 Å². The van der Waals surface area contributed by atoms with Crippen LogP contribution in [0.25, 0.3) is 0 Å². The van der Waals surface area contributed by atoms with E-state index in [1.807, 2.05) is 12.4 Å². The first-order valence-electron chi connectivity index (χ1n) is 6.76. The van der Waals surface area contributed by atoms with Gasteiger partial charge in [0.1, 0.15) is 0 Å². The Morgan fingerprint density at radius 1 is 1.47 bits per heavy atom. The minimum atomic E-state index is -0.470. The molecule has 0 saturated heterocycles. The average Bonchev–Trinajstić information content (AvgIpc) is 2.83. The molecule has 1 saturated carbocycles. The molecular weight excluding hydrogens is 212 g/mol. The molecule has 0 unspecified atom stereocenters. The lowest BCUT2D eigenvalue weighted by atomic mass is 9.78. The van der Waals surface area contributed by atoms with Gasteiger partial charge in [0.15, 0.2) is 0 Å². The van der Waals surface area contributed by atoms with Crippen LogP contribution in [0.5, 0.6) is 0 Å². The van der Waals surface area contributed by atoms with E-state index in [1.165, 1.54) is 24.8 Å². The molecule has 1 aromatic heterocycles. The van der Waals surface area contributed by atoms with Gasteiger partial charge in [0.25, 0.3) is 0 Å². The summed E-state index contributed by atoms with van der Waals surface area (Å²) < 4.78 is 0. The number of aromatic amines is 1. The van der Waals surface area contributed by atoms with E-state index in [-0.39, 0.29) is 0 Å². The van der Waals surface area contributed by atoms with Gasteiger partial charge >= 0.3 is 0 Å². The van der Waals surface area contributed by atoms with E-state index in [2.05, 4.69) is 23.3 Å². The summed E-state index contributed by atoms with van der Waals surface area (Å²) in [6, 6.07) is 2.06. The zero-order chi connectivity index (χ0) is 12.1. The molecular formula is C14H24N2O. The SMILES string of the molecule is CCC1CCC(O)(CNCc2cc[nH]c2)CC1. The minimum absolute atomic E-state index is 0.470. The molecule has 1 aromatic rings. The van der Waals surface area contributed by atoms with Crippen molar-refractivity contribution in [3.63, 3.8) is 0 Å². The lowest BCUT2D eigenvalue weighted by Crippen LogP contribution is -2.43.